The second-order valence-corrected chi connectivity index (χ2v) is 4.17. The number of benzene rings is 1. The van der Waals surface area contributed by atoms with Crippen molar-refractivity contribution in [1.29, 1.82) is 0 Å². The van der Waals surface area contributed by atoms with E-state index in [4.69, 9.17) is 9.84 Å². The fourth-order valence-electron chi connectivity index (χ4n) is 1.71. The Morgan fingerprint density at radius 2 is 1.95 bits per heavy atom. The van der Waals surface area contributed by atoms with Crippen LogP contribution in [0.5, 0.6) is 5.75 Å². The number of amides is 1. The van der Waals surface area contributed by atoms with Gasteiger partial charge in [-0.1, -0.05) is 0 Å². The molecule has 6 nitrogen and oxygen atoms in total. The highest BCUT2D eigenvalue weighted by molar-refractivity contribution is 5.94. The van der Waals surface area contributed by atoms with E-state index in [1.807, 2.05) is 0 Å². The van der Waals surface area contributed by atoms with Crippen LogP contribution in [-0.2, 0) is 4.74 Å². The van der Waals surface area contributed by atoms with Gasteiger partial charge >= 0.3 is 6.16 Å². The zero-order valence-corrected chi connectivity index (χ0v) is 10.5. The lowest BCUT2D eigenvalue weighted by molar-refractivity contribution is 0.00589. The average Bonchev–Trinajstić information content (AvgIpc) is 2.35. The number of β-amino-alcohol motifs (C(OH)–C–C–N with tert-alkyl or cyclic N) is 1. The van der Waals surface area contributed by atoms with Crippen LogP contribution >= 0.6 is 0 Å². The van der Waals surface area contributed by atoms with Crippen molar-refractivity contribution in [2.75, 3.05) is 19.7 Å². The summed E-state index contributed by atoms with van der Waals surface area (Å²) < 4.78 is 9.52. The lowest BCUT2D eigenvalue weighted by Crippen LogP contribution is -2.53. The molecule has 0 unspecified atom stereocenters. The van der Waals surface area contributed by atoms with E-state index in [1.165, 1.54) is 12.1 Å². The van der Waals surface area contributed by atoms with E-state index in [0.717, 1.165) is 0 Å². The van der Waals surface area contributed by atoms with E-state index in [2.05, 4.69) is 4.74 Å². The van der Waals surface area contributed by atoms with Crippen molar-refractivity contribution in [3.8, 4) is 5.75 Å². The molecule has 0 radical (unpaired) electrons. The van der Waals surface area contributed by atoms with Crippen molar-refractivity contribution in [1.82, 2.24) is 4.90 Å². The van der Waals surface area contributed by atoms with Crippen molar-refractivity contribution in [3.63, 3.8) is 0 Å². The third kappa shape index (κ3) is 3.23. The van der Waals surface area contributed by atoms with E-state index in [0.29, 0.717) is 24.4 Å². The Kier molecular flexibility index (Phi) is 4.01. The van der Waals surface area contributed by atoms with Gasteiger partial charge < -0.3 is 19.5 Å². The van der Waals surface area contributed by atoms with Gasteiger partial charge in [0.25, 0.3) is 5.91 Å². The van der Waals surface area contributed by atoms with Gasteiger partial charge in [0.15, 0.2) is 0 Å². The van der Waals surface area contributed by atoms with Gasteiger partial charge in [0.05, 0.1) is 12.7 Å². The second-order valence-electron chi connectivity index (χ2n) is 4.17. The zero-order chi connectivity index (χ0) is 13.8. The largest absolute Gasteiger partial charge is 0.513 e. The number of nitrogens with zero attached hydrogens (tertiary/aromatic N) is 1. The first-order valence-electron chi connectivity index (χ1n) is 6.02. The molecular formula is C13H15NO5. The standard InChI is InChI=1S/C13H15NO5/c1-2-18-13(17)19-11-5-3-9(4-6-11)12(16)14-7-10(15)8-14/h3-6,10,15H,2,7-8H2,1H3. The lowest BCUT2D eigenvalue weighted by Gasteiger charge is -2.35. The van der Waals surface area contributed by atoms with Gasteiger partial charge in [-0.05, 0) is 31.2 Å². The van der Waals surface area contributed by atoms with Crippen molar-refractivity contribution in [2.24, 2.45) is 0 Å². The van der Waals surface area contributed by atoms with Crippen molar-refractivity contribution in [3.05, 3.63) is 29.8 Å². The third-order valence-electron chi connectivity index (χ3n) is 2.71. The number of carbonyl (C=O) groups excluding carboxylic acids is 2. The number of hydrogen-bond donors (Lipinski definition) is 1. The highest BCUT2D eigenvalue weighted by Gasteiger charge is 2.29. The second kappa shape index (κ2) is 5.71. The maximum absolute atomic E-state index is 11.9. The number of aliphatic hydroxyl groups is 1. The van der Waals surface area contributed by atoms with Crippen LogP contribution in [0.3, 0.4) is 0 Å². The topological polar surface area (TPSA) is 76.1 Å². The third-order valence-corrected chi connectivity index (χ3v) is 2.71. The van der Waals surface area contributed by atoms with Crippen LogP contribution in [0.25, 0.3) is 0 Å². The van der Waals surface area contributed by atoms with Gasteiger partial charge in [0, 0.05) is 18.7 Å². The highest BCUT2D eigenvalue weighted by Crippen LogP contribution is 2.17. The lowest BCUT2D eigenvalue weighted by atomic mass is 10.1. The summed E-state index contributed by atoms with van der Waals surface area (Å²) in [7, 11) is 0. The predicted octanol–water partition coefficient (Wildman–Crippen LogP) is 1.04. The Bertz CT molecular complexity index is 464. The smallest absolute Gasteiger partial charge is 0.434 e. The summed E-state index contributed by atoms with van der Waals surface area (Å²) in [5, 5.41) is 9.14. The van der Waals surface area contributed by atoms with Gasteiger partial charge in [0.2, 0.25) is 0 Å². The molecule has 0 atom stereocenters. The number of likely N-dealkylation sites (tertiary alicyclic amines) is 1. The summed E-state index contributed by atoms with van der Waals surface area (Å²) in [5.74, 6) is 0.173. The molecule has 1 aliphatic heterocycles. The quantitative estimate of drug-likeness (QED) is 0.652. The van der Waals surface area contributed by atoms with Gasteiger partial charge in [-0.25, -0.2) is 4.79 Å². The molecule has 1 heterocycles. The van der Waals surface area contributed by atoms with Crippen LogP contribution < -0.4 is 4.74 Å². The minimum absolute atomic E-state index is 0.145. The van der Waals surface area contributed by atoms with Gasteiger partial charge in [-0.3, -0.25) is 4.79 Å². The van der Waals surface area contributed by atoms with Crippen molar-refractivity contribution < 1.29 is 24.2 Å². The monoisotopic (exact) mass is 265 g/mol. The van der Waals surface area contributed by atoms with Gasteiger partial charge in [0.1, 0.15) is 5.75 Å². The molecule has 0 spiro atoms. The van der Waals surface area contributed by atoms with E-state index in [1.54, 1.807) is 24.0 Å². The van der Waals surface area contributed by atoms with Gasteiger partial charge in [-0.15, -0.1) is 0 Å². The molecule has 0 aromatic heterocycles. The first-order valence-corrected chi connectivity index (χ1v) is 6.02. The first-order chi connectivity index (χ1) is 9.10. The Hall–Kier alpha value is -2.08. The molecule has 0 bridgehead atoms. The molecule has 19 heavy (non-hydrogen) atoms. The Morgan fingerprint density at radius 1 is 1.32 bits per heavy atom. The molecular weight excluding hydrogens is 250 g/mol. The minimum atomic E-state index is -0.771. The van der Waals surface area contributed by atoms with Crippen LogP contribution in [0.1, 0.15) is 17.3 Å². The molecule has 6 heteroatoms. The van der Waals surface area contributed by atoms with Crippen molar-refractivity contribution in [2.45, 2.75) is 13.0 Å². The maximum atomic E-state index is 11.9. The molecule has 2 rings (SSSR count). The number of rotatable bonds is 3. The normalized spacial score (nSPS) is 14.7. The van der Waals surface area contributed by atoms with E-state index >= 15 is 0 Å². The fraction of sp³-hybridized carbons (Fsp3) is 0.385. The molecule has 0 saturated carbocycles. The molecule has 102 valence electrons. The molecule has 1 aromatic rings. The number of ether oxygens (including phenoxy) is 2. The molecule has 1 aliphatic rings. The summed E-state index contributed by atoms with van der Waals surface area (Å²) in [4.78, 5) is 24.5. The average molecular weight is 265 g/mol. The van der Waals surface area contributed by atoms with Crippen LogP contribution in [0, 0.1) is 0 Å². The van der Waals surface area contributed by atoms with Gasteiger partial charge in [-0.2, -0.15) is 0 Å². The Labute approximate surface area is 110 Å². The summed E-state index contributed by atoms with van der Waals surface area (Å²) in [6.07, 6.45) is -1.19. The molecule has 1 aromatic carbocycles. The van der Waals surface area contributed by atoms with E-state index in [9.17, 15) is 9.59 Å². The minimum Gasteiger partial charge on any atom is -0.434 e. The molecule has 0 aliphatic carbocycles. The first kappa shape index (κ1) is 13.4. The summed E-state index contributed by atoms with van der Waals surface area (Å²) >= 11 is 0. The number of carbonyl (C=O) groups is 2. The number of aliphatic hydroxyl groups excluding tert-OH is 1. The van der Waals surface area contributed by atoms with E-state index in [-0.39, 0.29) is 12.5 Å². The zero-order valence-electron chi connectivity index (χ0n) is 10.5. The highest BCUT2D eigenvalue weighted by atomic mass is 16.7. The predicted molar refractivity (Wildman–Crippen MR) is 66.0 cm³/mol. The molecule has 1 saturated heterocycles. The van der Waals surface area contributed by atoms with Crippen molar-refractivity contribution >= 4 is 12.1 Å². The SMILES string of the molecule is CCOC(=O)Oc1ccc(C(=O)N2CC(O)C2)cc1. The fourth-order valence-corrected chi connectivity index (χ4v) is 1.71. The van der Waals surface area contributed by atoms with E-state index < -0.39 is 12.3 Å². The van der Waals surface area contributed by atoms with Crippen LogP contribution in [0.2, 0.25) is 0 Å². The summed E-state index contributed by atoms with van der Waals surface area (Å²) in [6.45, 7) is 2.65. The summed E-state index contributed by atoms with van der Waals surface area (Å²) in [6, 6.07) is 6.20. The molecule has 1 N–H and O–H groups in total. The Morgan fingerprint density at radius 3 is 2.47 bits per heavy atom. The van der Waals surface area contributed by atoms with Crippen LogP contribution in [-0.4, -0.2) is 47.9 Å². The number of hydrogen-bond acceptors (Lipinski definition) is 5. The summed E-state index contributed by atoms with van der Waals surface area (Å²) in [5.41, 5.74) is 0.489. The molecule has 1 amide bonds. The maximum Gasteiger partial charge on any atom is 0.513 e. The Balaban J connectivity index is 1.94. The van der Waals surface area contributed by atoms with Crippen LogP contribution in [0.4, 0.5) is 4.79 Å². The molecule has 1 fully saturated rings. The van der Waals surface area contributed by atoms with Crippen LogP contribution in [0.15, 0.2) is 24.3 Å².